The standard InChI is InChI=1S/C28H23FN8OS/c1-3-5-21-27(32-2)37(26(36-21)19-6-4-11-33-25(19)31)18-9-7-16(8-10-18)15-34-28(38)20-12-17(29)13-22-24(20)39-23(14-30)35-22/h4-13H,3,15H2,1-2H3,(H2,31,33)(H,34,38)/b21-5+,32-27?. The molecule has 0 fully saturated rings. The number of aliphatic imine (C=N–C) groups is 2. The first kappa shape index (κ1) is 25.7. The number of allylic oxidation sites excluding steroid dienone is 1. The minimum absolute atomic E-state index is 0.145. The fourth-order valence-corrected chi connectivity index (χ4v) is 5.11. The van der Waals surface area contributed by atoms with Crippen LogP contribution in [0.15, 0.2) is 76.5 Å². The maximum Gasteiger partial charge on any atom is 0.253 e. The molecule has 0 saturated heterocycles. The van der Waals surface area contributed by atoms with E-state index in [1.807, 2.05) is 60.4 Å². The number of nitrogens with zero attached hydrogens (tertiary/aromatic N) is 6. The lowest BCUT2D eigenvalue weighted by molar-refractivity contribution is 0.0952. The topological polar surface area (TPSA) is 133 Å². The van der Waals surface area contributed by atoms with Crippen molar-refractivity contribution in [3.8, 4) is 6.07 Å². The van der Waals surface area contributed by atoms with E-state index in [1.165, 1.54) is 6.07 Å². The van der Waals surface area contributed by atoms with Gasteiger partial charge in [0.1, 0.15) is 23.4 Å². The van der Waals surface area contributed by atoms with E-state index in [0.29, 0.717) is 27.8 Å². The number of pyridine rings is 1. The van der Waals surface area contributed by atoms with Crippen LogP contribution < -0.4 is 16.0 Å². The predicted octanol–water partition coefficient (Wildman–Crippen LogP) is 4.80. The van der Waals surface area contributed by atoms with Crippen LogP contribution in [0.25, 0.3) is 10.2 Å². The molecule has 1 aliphatic heterocycles. The van der Waals surface area contributed by atoms with Gasteiger partial charge in [0.05, 0.1) is 21.3 Å². The van der Waals surface area contributed by atoms with Gasteiger partial charge in [0.2, 0.25) is 0 Å². The number of nitriles is 1. The Kier molecular flexibility index (Phi) is 7.12. The fraction of sp³-hybridized carbons (Fsp3) is 0.143. The largest absolute Gasteiger partial charge is 0.383 e. The van der Waals surface area contributed by atoms with E-state index in [2.05, 4.69) is 20.3 Å². The number of hydrogen-bond acceptors (Lipinski definition) is 8. The number of nitrogen functional groups attached to an aromatic ring is 1. The number of anilines is 2. The second-order valence-electron chi connectivity index (χ2n) is 8.53. The third kappa shape index (κ3) is 4.97. The number of carbonyl (C=O) groups excluding carboxylic acids is 1. The van der Waals surface area contributed by atoms with Crippen molar-refractivity contribution in [3.05, 3.63) is 94.0 Å². The fourth-order valence-electron chi connectivity index (χ4n) is 4.26. The molecule has 0 radical (unpaired) electrons. The summed E-state index contributed by atoms with van der Waals surface area (Å²) < 4.78 is 14.6. The summed E-state index contributed by atoms with van der Waals surface area (Å²) in [4.78, 5) is 32.4. The van der Waals surface area contributed by atoms with Crippen LogP contribution in [0.4, 0.5) is 15.9 Å². The third-order valence-corrected chi connectivity index (χ3v) is 7.02. The second-order valence-corrected chi connectivity index (χ2v) is 9.53. The number of nitrogens with two attached hydrogens (primary N) is 1. The Bertz CT molecular complexity index is 1720. The lowest BCUT2D eigenvalue weighted by Gasteiger charge is -2.22. The Hall–Kier alpha value is -4.95. The summed E-state index contributed by atoms with van der Waals surface area (Å²) in [7, 11) is 1.72. The molecule has 0 bridgehead atoms. The molecular formula is C28H23FN8OS. The summed E-state index contributed by atoms with van der Waals surface area (Å²) in [5.41, 5.74) is 9.70. The van der Waals surface area contributed by atoms with Crippen molar-refractivity contribution in [2.24, 2.45) is 9.98 Å². The zero-order valence-corrected chi connectivity index (χ0v) is 22.0. The number of amides is 1. The Morgan fingerprint density at radius 2 is 2.08 bits per heavy atom. The summed E-state index contributed by atoms with van der Waals surface area (Å²) in [6, 6.07) is 15.6. The first-order valence-electron chi connectivity index (χ1n) is 12.1. The molecule has 4 aromatic rings. The number of halogens is 1. The average Bonchev–Trinajstić information content (AvgIpc) is 3.53. The van der Waals surface area contributed by atoms with Gasteiger partial charge >= 0.3 is 0 Å². The predicted molar refractivity (Wildman–Crippen MR) is 151 cm³/mol. The number of carbonyl (C=O) groups is 1. The molecule has 0 atom stereocenters. The van der Waals surface area contributed by atoms with Crippen LogP contribution in [0.3, 0.4) is 0 Å². The van der Waals surface area contributed by atoms with Crippen LogP contribution in [0.5, 0.6) is 0 Å². The van der Waals surface area contributed by atoms with Crippen molar-refractivity contribution >= 4 is 50.6 Å². The summed E-state index contributed by atoms with van der Waals surface area (Å²) in [6.45, 7) is 2.25. The number of aromatic nitrogens is 2. The average molecular weight is 539 g/mol. The molecule has 0 spiro atoms. The molecule has 0 aliphatic carbocycles. The van der Waals surface area contributed by atoms with Gasteiger partial charge < -0.3 is 11.1 Å². The van der Waals surface area contributed by atoms with E-state index >= 15 is 0 Å². The molecule has 3 N–H and O–H groups in total. The quantitative estimate of drug-likeness (QED) is 0.362. The molecule has 0 saturated carbocycles. The molecule has 2 aromatic heterocycles. The zero-order valence-electron chi connectivity index (χ0n) is 21.1. The summed E-state index contributed by atoms with van der Waals surface area (Å²) in [5.74, 6) is 0.635. The van der Waals surface area contributed by atoms with E-state index < -0.39 is 11.7 Å². The number of rotatable bonds is 6. The van der Waals surface area contributed by atoms with Gasteiger partial charge in [-0.2, -0.15) is 5.26 Å². The van der Waals surface area contributed by atoms with E-state index in [-0.39, 0.29) is 22.6 Å². The van der Waals surface area contributed by atoms with Gasteiger partial charge in [-0.25, -0.2) is 19.4 Å². The SMILES string of the molecule is CC/C=C1/N=C(c2cccnc2N)N(c2ccc(CNC(=O)c3cc(F)cc4nc(C#N)sc34)cc2)C1=NC. The highest BCUT2D eigenvalue weighted by Crippen LogP contribution is 2.30. The Morgan fingerprint density at radius 1 is 1.28 bits per heavy atom. The van der Waals surface area contributed by atoms with E-state index in [9.17, 15) is 9.18 Å². The number of hydrogen-bond donors (Lipinski definition) is 2. The minimum Gasteiger partial charge on any atom is -0.383 e. The number of thiazole rings is 1. The maximum absolute atomic E-state index is 14.1. The molecule has 0 unspecified atom stereocenters. The Labute approximate surface area is 227 Å². The van der Waals surface area contributed by atoms with Gasteiger partial charge in [-0.1, -0.05) is 25.1 Å². The zero-order chi connectivity index (χ0) is 27.5. The maximum atomic E-state index is 14.1. The molecule has 2 aromatic carbocycles. The van der Waals surface area contributed by atoms with Gasteiger partial charge in [0.15, 0.2) is 16.7 Å². The van der Waals surface area contributed by atoms with Crippen molar-refractivity contribution < 1.29 is 9.18 Å². The minimum atomic E-state index is -0.589. The van der Waals surface area contributed by atoms with Crippen molar-refractivity contribution in [1.82, 2.24) is 15.3 Å². The van der Waals surface area contributed by atoms with E-state index in [1.54, 1.807) is 13.2 Å². The number of benzene rings is 2. The first-order valence-corrected chi connectivity index (χ1v) is 12.9. The molecule has 5 rings (SSSR count). The van der Waals surface area contributed by atoms with Gasteiger partial charge in [-0.05, 0) is 42.3 Å². The normalized spacial score (nSPS) is 15.1. The Morgan fingerprint density at radius 3 is 2.77 bits per heavy atom. The lowest BCUT2D eigenvalue weighted by atomic mass is 10.1. The van der Waals surface area contributed by atoms with Gasteiger partial charge in [0.25, 0.3) is 5.91 Å². The van der Waals surface area contributed by atoms with Gasteiger partial charge in [-0.15, -0.1) is 11.3 Å². The number of amidine groups is 2. The van der Waals surface area contributed by atoms with Crippen LogP contribution in [0, 0.1) is 17.1 Å². The van der Waals surface area contributed by atoms with E-state index in [4.69, 9.17) is 16.0 Å². The molecule has 3 heterocycles. The van der Waals surface area contributed by atoms with Crippen LogP contribution in [0.2, 0.25) is 0 Å². The highest BCUT2D eigenvalue weighted by atomic mass is 32.1. The van der Waals surface area contributed by atoms with Crippen molar-refractivity contribution in [2.75, 3.05) is 17.7 Å². The van der Waals surface area contributed by atoms with Crippen LogP contribution in [-0.4, -0.2) is 34.6 Å². The van der Waals surface area contributed by atoms with Crippen LogP contribution >= 0.6 is 11.3 Å². The van der Waals surface area contributed by atoms with Crippen LogP contribution in [0.1, 0.15) is 39.8 Å². The molecule has 1 aliphatic rings. The van der Waals surface area contributed by atoms with Crippen LogP contribution in [-0.2, 0) is 6.54 Å². The molecule has 1 amide bonds. The third-order valence-electron chi connectivity index (χ3n) is 6.01. The molecule has 39 heavy (non-hydrogen) atoms. The second kappa shape index (κ2) is 10.8. The highest BCUT2D eigenvalue weighted by molar-refractivity contribution is 7.19. The summed E-state index contributed by atoms with van der Waals surface area (Å²) in [6.07, 6.45) is 4.42. The van der Waals surface area contributed by atoms with Crippen molar-refractivity contribution in [3.63, 3.8) is 0 Å². The monoisotopic (exact) mass is 538 g/mol. The highest BCUT2D eigenvalue weighted by Gasteiger charge is 2.31. The Balaban J connectivity index is 1.39. The molecule has 9 nitrogen and oxygen atoms in total. The molecule has 11 heteroatoms. The van der Waals surface area contributed by atoms with E-state index in [0.717, 1.165) is 40.8 Å². The molecular weight excluding hydrogens is 515 g/mol. The van der Waals surface area contributed by atoms with Gasteiger partial charge in [0, 0.05) is 31.5 Å². The summed E-state index contributed by atoms with van der Waals surface area (Å²) in [5, 5.41) is 12.1. The number of fused-ring (bicyclic) bond motifs is 1. The first-order chi connectivity index (χ1) is 18.9. The van der Waals surface area contributed by atoms with Crippen molar-refractivity contribution in [2.45, 2.75) is 19.9 Å². The smallest absolute Gasteiger partial charge is 0.253 e. The summed E-state index contributed by atoms with van der Waals surface area (Å²) >= 11 is 1.06. The molecule has 194 valence electrons. The number of nitrogens with one attached hydrogen (secondary N) is 1. The van der Waals surface area contributed by atoms with Gasteiger partial charge in [-0.3, -0.25) is 14.7 Å². The lowest BCUT2D eigenvalue weighted by Crippen LogP contribution is -2.33. The van der Waals surface area contributed by atoms with Crippen molar-refractivity contribution in [1.29, 1.82) is 5.26 Å².